The second-order valence-corrected chi connectivity index (χ2v) is 29.5. The van der Waals surface area contributed by atoms with Gasteiger partial charge in [0.2, 0.25) is 0 Å². The van der Waals surface area contributed by atoms with Crippen LogP contribution in [0.1, 0.15) is 128 Å². The first-order valence-electron chi connectivity index (χ1n) is 31.5. The standard InChI is InChI=1S/C83H77N5O.Pt/c1-79(2,3)57-39-43-72-69(49-57)83(70-50-58(80(4,5)6)40-44-73(70)87(72)61-31-20-15-21-32-61)67-35-22-23-36-71(67)88(77-51-59(45-46-84-77)81(7,8)9)76-53-64(41-42-68(76)83)89-63-34-26-33-62(52-63)85-54-86(75-38-25-24-37-74(75)85)78-65(55-27-16-13-17-28-55)47-60(82(10,11)12)48-66(78)56-29-18-14-19-30-56;/h13-53H,1-12H3;. The number of hydrogen-bond donors (Lipinski definition) is 0. The number of nitrogens with zero attached hydrogens (tertiary/aromatic N) is 5. The van der Waals surface area contributed by atoms with Crippen molar-refractivity contribution in [1.29, 1.82) is 0 Å². The number of aromatic nitrogens is 3. The van der Waals surface area contributed by atoms with Gasteiger partial charge in [0.25, 0.3) is 0 Å². The van der Waals surface area contributed by atoms with Crippen molar-refractivity contribution >= 4 is 45.3 Å². The van der Waals surface area contributed by atoms with Crippen LogP contribution in [0.2, 0.25) is 0 Å². The molecule has 0 unspecified atom stereocenters. The van der Waals surface area contributed by atoms with Crippen molar-refractivity contribution in [3.63, 3.8) is 0 Å². The Bertz CT molecular complexity index is 4690. The Balaban J connectivity index is 0.991. The molecule has 0 amide bonds. The second kappa shape index (κ2) is 21.8. The van der Waals surface area contributed by atoms with E-state index >= 15 is 0 Å². The number of hydrogen-bond acceptors (Lipinski definition) is 4. The van der Waals surface area contributed by atoms with Crippen LogP contribution in [-0.4, -0.2) is 14.1 Å². The zero-order chi connectivity index (χ0) is 62.6. The number of imidazole rings is 1. The summed E-state index contributed by atoms with van der Waals surface area (Å²) in [7, 11) is 0. The Morgan fingerprint density at radius 1 is 0.356 bits per heavy atom. The first-order valence-corrected chi connectivity index (χ1v) is 32.6. The number of rotatable bonds is 8. The summed E-state index contributed by atoms with van der Waals surface area (Å²) in [6, 6.07) is 89.7. The molecule has 14 rings (SSSR count). The molecular formula is C83H77N5OPt. The average molecular weight is 1360 g/mol. The summed E-state index contributed by atoms with van der Waals surface area (Å²) < 4.78 is 13.2. The number of ether oxygens (including phenoxy) is 1. The Morgan fingerprint density at radius 2 is 0.833 bits per heavy atom. The molecule has 0 N–H and O–H groups in total. The molecule has 6 nitrogen and oxygen atoms in total. The summed E-state index contributed by atoms with van der Waals surface area (Å²) >= 11 is 2.55. The number of anilines is 6. The van der Waals surface area contributed by atoms with Crippen LogP contribution in [0.25, 0.3) is 44.7 Å². The minimum absolute atomic E-state index is 0.0992. The van der Waals surface area contributed by atoms with Crippen LogP contribution in [0.4, 0.5) is 34.3 Å². The fourth-order valence-corrected chi connectivity index (χ4v) is 14.8. The van der Waals surface area contributed by atoms with E-state index in [-0.39, 0.29) is 21.7 Å². The van der Waals surface area contributed by atoms with Crippen LogP contribution in [-0.2, 0) is 46.4 Å². The van der Waals surface area contributed by atoms with Crippen LogP contribution in [0.5, 0.6) is 11.5 Å². The summed E-state index contributed by atoms with van der Waals surface area (Å²) in [5, 5.41) is 0. The van der Waals surface area contributed by atoms with Crippen molar-refractivity contribution in [3.8, 4) is 45.1 Å². The molecule has 0 saturated carbocycles. The zero-order valence-corrected chi connectivity index (χ0v) is 55.9. The molecule has 7 heteroatoms. The van der Waals surface area contributed by atoms with E-state index in [1.54, 1.807) is 0 Å². The van der Waals surface area contributed by atoms with Crippen molar-refractivity contribution in [2.75, 3.05) is 9.80 Å². The summed E-state index contributed by atoms with van der Waals surface area (Å²) in [5.41, 5.74) is 22.9. The number of para-hydroxylation sites is 4. The third kappa shape index (κ3) is 9.90. The van der Waals surface area contributed by atoms with Gasteiger partial charge in [-0.15, -0.1) is 0 Å². The van der Waals surface area contributed by atoms with Crippen LogP contribution in [0.3, 0.4) is 0 Å². The van der Waals surface area contributed by atoms with Crippen LogP contribution >= 0.6 is 0 Å². The van der Waals surface area contributed by atoms with Gasteiger partial charge in [-0.05, 0) is 63.3 Å². The van der Waals surface area contributed by atoms with Gasteiger partial charge in [-0.1, -0.05) is 123 Å². The zero-order valence-electron chi connectivity index (χ0n) is 53.6. The molecule has 0 fully saturated rings. The topological polar surface area (TPSA) is 38.5 Å². The molecule has 10 aromatic carbocycles. The van der Waals surface area contributed by atoms with Gasteiger partial charge in [0.15, 0.2) is 0 Å². The van der Waals surface area contributed by atoms with Gasteiger partial charge in [0.05, 0.1) is 11.4 Å². The predicted octanol–water partition coefficient (Wildman–Crippen LogP) is 22.2. The van der Waals surface area contributed by atoms with Crippen LogP contribution in [0, 0.1) is 3.80 Å². The average Bonchev–Trinajstić information content (AvgIpc) is 0.798. The SMILES string of the molecule is CC(C)(C)c1ccnc(N2c3ccccc3C3(c4cc(C(C)(C)C)ccc4N(c4ccccc4)c4ccc(C(C)(C)C)cc43)c3ccc(Oc4cccc(-n5[c](=[Pt])n(-c6c(-c7ccccc7)cc(C(C)(C)C)cc6-c6ccccc6)c6ccccc65)c4)cc32)c1. The summed E-state index contributed by atoms with van der Waals surface area (Å²) in [6.07, 6.45) is 1.98. The molecule has 4 heterocycles. The van der Waals surface area contributed by atoms with E-state index in [1.807, 2.05) is 6.20 Å². The molecule has 2 aliphatic heterocycles. The van der Waals surface area contributed by atoms with E-state index in [2.05, 4.69) is 364 Å². The van der Waals surface area contributed by atoms with Crippen molar-refractivity contribution in [2.24, 2.45) is 0 Å². The number of fused-ring (bicyclic) bond motifs is 9. The molecule has 90 heavy (non-hydrogen) atoms. The number of pyridine rings is 1. The fourth-order valence-electron chi connectivity index (χ4n) is 13.7. The molecule has 0 atom stereocenters. The molecule has 1 spiro atoms. The van der Waals surface area contributed by atoms with E-state index in [0.29, 0.717) is 5.75 Å². The van der Waals surface area contributed by atoms with E-state index in [0.717, 1.165) is 82.9 Å². The Hall–Kier alpha value is -9.09. The Morgan fingerprint density at radius 3 is 1.41 bits per heavy atom. The third-order valence-corrected chi connectivity index (χ3v) is 19.4. The van der Waals surface area contributed by atoms with Crippen LogP contribution in [0.15, 0.2) is 249 Å². The molecule has 0 bridgehead atoms. The van der Waals surface area contributed by atoms with Gasteiger partial charge in [-0.25, -0.2) is 0 Å². The van der Waals surface area contributed by atoms with Gasteiger partial charge in [-0.2, -0.15) is 0 Å². The maximum atomic E-state index is 7.34. The fraction of sp³-hybridized carbons (Fsp3) is 0.205. The van der Waals surface area contributed by atoms with Gasteiger partial charge < -0.3 is 4.90 Å². The molecule has 2 aromatic heterocycles. The molecule has 450 valence electrons. The normalized spacial score (nSPS) is 13.7. The van der Waals surface area contributed by atoms with Gasteiger partial charge >= 0.3 is 331 Å². The van der Waals surface area contributed by atoms with Crippen molar-refractivity contribution in [3.05, 3.63) is 297 Å². The summed E-state index contributed by atoms with van der Waals surface area (Å²) in [5.74, 6) is 2.28. The van der Waals surface area contributed by atoms with Crippen molar-refractivity contribution < 1.29 is 24.1 Å². The van der Waals surface area contributed by atoms with E-state index < -0.39 is 5.41 Å². The summed E-state index contributed by atoms with van der Waals surface area (Å²) in [6.45, 7) is 27.7. The Labute approximate surface area is 542 Å². The molecular weight excluding hydrogens is 1280 g/mol. The maximum absolute atomic E-state index is 7.34. The van der Waals surface area contributed by atoms with E-state index in [4.69, 9.17) is 9.72 Å². The minimum atomic E-state index is -0.809. The first kappa shape index (κ1) is 58.6. The molecule has 0 radical (unpaired) electrons. The van der Waals surface area contributed by atoms with Gasteiger partial charge in [0, 0.05) is 11.9 Å². The molecule has 0 saturated heterocycles. The molecule has 2 aliphatic rings. The van der Waals surface area contributed by atoms with Crippen molar-refractivity contribution in [1.82, 2.24) is 14.1 Å². The monoisotopic (exact) mass is 1350 g/mol. The second-order valence-electron chi connectivity index (χ2n) is 28.5. The van der Waals surface area contributed by atoms with Gasteiger partial charge in [0.1, 0.15) is 0 Å². The Kier molecular flexibility index (Phi) is 14.2. The quantitative estimate of drug-likeness (QED) is 0.152. The molecule has 0 aliphatic carbocycles. The van der Waals surface area contributed by atoms with Crippen LogP contribution < -0.4 is 14.5 Å². The third-order valence-electron chi connectivity index (χ3n) is 18.4. The first-order chi connectivity index (χ1) is 43.1. The molecule has 12 aromatic rings. The van der Waals surface area contributed by atoms with Gasteiger partial charge in [-0.3, -0.25) is 0 Å². The summed E-state index contributed by atoms with van der Waals surface area (Å²) in [4.78, 5) is 10.2. The number of benzene rings is 10. The van der Waals surface area contributed by atoms with Crippen molar-refractivity contribution in [2.45, 2.75) is 110 Å². The predicted molar refractivity (Wildman–Crippen MR) is 371 cm³/mol. The van der Waals surface area contributed by atoms with E-state index in [9.17, 15) is 0 Å². The van der Waals surface area contributed by atoms with E-state index in [1.165, 1.54) is 50.1 Å².